The molecular formula is C18H22N4O2. The number of hydrogen-bond acceptors (Lipinski definition) is 3. The lowest BCUT2D eigenvalue weighted by Gasteiger charge is -2.26. The Morgan fingerprint density at radius 2 is 1.92 bits per heavy atom. The van der Waals surface area contributed by atoms with E-state index in [1.807, 2.05) is 18.5 Å². The standard InChI is InChI=1S/C18H22N4O2/c1-12-4-6-15(7-5-12)10-22-14(3)17(13(2)20-22)18(24)21-9-8-19-16(23)11-21/h4-7H,8-11H2,1-3H3,(H,19,23). The van der Waals surface area contributed by atoms with E-state index >= 15 is 0 Å². The van der Waals surface area contributed by atoms with Gasteiger partial charge in [0.25, 0.3) is 5.91 Å². The summed E-state index contributed by atoms with van der Waals surface area (Å²) in [5.41, 5.74) is 4.50. The number of aryl methyl sites for hydroxylation is 2. The number of hydrogen-bond donors (Lipinski definition) is 1. The molecule has 1 aromatic heterocycles. The molecule has 6 nitrogen and oxygen atoms in total. The van der Waals surface area contributed by atoms with Crippen LogP contribution in [0.3, 0.4) is 0 Å². The van der Waals surface area contributed by atoms with Crippen molar-refractivity contribution in [3.8, 4) is 0 Å². The highest BCUT2D eigenvalue weighted by molar-refractivity contribution is 5.98. The normalized spacial score (nSPS) is 14.6. The summed E-state index contributed by atoms with van der Waals surface area (Å²) in [5, 5.41) is 7.27. The second-order valence-corrected chi connectivity index (χ2v) is 6.27. The maximum absolute atomic E-state index is 12.8. The third kappa shape index (κ3) is 3.18. The fraction of sp³-hybridized carbons (Fsp3) is 0.389. The molecule has 1 aliphatic heterocycles. The Labute approximate surface area is 141 Å². The average Bonchev–Trinajstić information content (AvgIpc) is 2.83. The highest BCUT2D eigenvalue weighted by atomic mass is 16.2. The lowest BCUT2D eigenvalue weighted by Crippen LogP contribution is -2.50. The van der Waals surface area contributed by atoms with Crippen molar-refractivity contribution in [2.75, 3.05) is 19.6 Å². The second-order valence-electron chi connectivity index (χ2n) is 6.27. The fourth-order valence-corrected chi connectivity index (χ4v) is 3.00. The zero-order valence-corrected chi connectivity index (χ0v) is 14.3. The molecule has 2 heterocycles. The SMILES string of the molecule is Cc1ccc(Cn2nc(C)c(C(=O)N3CCNC(=O)C3)c2C)cc1. The molecule has 1 fully saturated rings. The molecule has 0 radical (unpaired) electrons. The summed E-state index contributed by atoms with van der Waals surface area (Å²) < 4.78 is 1.86. The molecule has 1 saturated heterocycles. The summed E-state index contributed by atoms with van der Waals surface area (Å²) in [6, 6.07) is 8.28. The van der Waals surface area contributed by atoms with Crippen molar-refractivity contribution in [1.29, 1.82) is 0 Å². The highest BCUT2D eigenvalue weighted by Crippen LogP contribution is 2.18. The van der Waals surface area contributed by atoms with Crippen molar-refractivity contribution in [2.45, 2.75) is 27.3 Å². The third-order valence-corrected chi connectivity index (χ3v) is 4.37. The highest BCUT2D eigenvalue weighted by Gasteiger charge is 2.27. The summed E-state index contributed by atoms with van der Waals surface area (Å²) in [4.78, 5) is 25.9. The van der Waals surface area contributed by atoms with E-state index in [0.717, 1.165) is 11.3 Å². The zero-order valence-electron chi connectivity index (χ0n) is 14.3. The molecule has 6 heteroatoms. The lowest BCUT2D eigenvalue weighted by molar-refractivity contribution is -0.123. The van der Waals surface area contributed by atoms with E-state index in [0.29, 0.717) is 30.9 Å². The number of benzene rings is 1. The number of nitrogens with zero attached hydrogens (tertiary/aromatic N) is 3. The van der Waals surface area contributed by atoms with Gasteiger partial charge in [-0.1, -0.05) is 29.8 Å². The average molecular weight is 326 g/mol. The van der Waals surface area contributed by atoms with E-state index < -0.39 is 0 Å². The van der Waals surface area contributed by atoms with E-state index in [1.165, 1.54) is 5.56 Å². The first-order valence-electron chi connectivity index (χ1n) is 8.11. The predicted octanol–water partition coefficient (Wildman–Crippen LogP) is 1.43. The van der Waals surface area contributed by atoms with Gasteiger partial charge < -0.3 is 10.2 Å². The molecule has 0 unspecified atom stereocenters. The number of nitrogens with one attached hydrogen (secondary N) is 1. The van der Waals surface area contributed by atoms with Crippen molar-refractivity contribution in [3.05, 3.63) is 52.3 Å². The summed E-state index contributed by atoms with van der Waals surface area (Å²) >= 11 is 0. The largest absolute Gasteiger partial charge is 0.353 e. The van der Waals surface area contributed by atoms with Gasteiger partial charge >= 0.3 is 0 Å². The van der Waals surface area contributed by atoms with Gasteiger partial charge in [0.15, 0.2) is 0 Å². The summed E-state index contributed by atoms with van der Waals surface area (Å²) in [5.74, 6) is -0.230. The van der Waals surface area contributed by atoms with Gasteiger partial charge in [-0.05, 0) is 26.3 Å². The number of carbonyl (C=O) groups is 2. The van der Waals surface area contributed by atoms with Crippen molar-refractivity contribution in [2.24, 2.45) is 0 Å². The molecule has 126 valence electrons. The monoisotopic (exact) mass is 326 g/mol. The minimum Gasteiger partial charge on any atom is -0.353 e. The number of piperazine rings is 1. The minimum atomic E-state index is -0.116. The van der Waals surface area contributed by atoms with Crippen LogP contribution in [0.2, 0.25) is 0 Å². The van der Waals surface area contributed by atoms with Gasteiger partial charge in [0.2, 0.25) is 5.91 Å². The number of aromatic nitrogens is 2. The number of carbonyl (C=O) groups excluding carboxylic acids is 2. The maximum atomic E-state index is 12.8. The van der Waals surface area contributed by atoms with Gasteiger partial charge in [0, 0.05) is 18.8 Å². The van der Waals surface area contributed by atoms with Crippen LogP contribution in [0.15, 0.2) is 24.3 Å². The Bertz CT molecular complexity index is 777. The van der Waals surface area contributed by atoms with Gasteiger partial charge in [-0.15, -0.1) is 0 Å². The first-order valence-corrected chi connectivity index (χ1v) is 8.11. The van der Waals surface area contributed by atoms with Gasteiger partial charge in [-0.2, -0.15) is 5.10 Å². The maximum Gasteiger partial charge on any atom is 0.258 e. The molecule has 24 heavy (non-hydrogen) atoms. The van der Waals surface area contributed by atoms with Crippen molar-refractivity contribution in [3.63, 3.8) is 0 Å². The topological polar surface area (TPSA) is 67.2 Å². The van der Waals surface area contributed by atoms with Crippen LogP contribution in [-0.2, 0) is 11.3 Å². The quantitative estimate of drug-likeness (QED) is 0.928. The first kappa shape index (κ1) is 16.2. The lowest BCUT2D eigenvalue weighted by atomic mass is 10.1. The molecule has 1 aliphatic rings. The Hall–Kier alpha value is -2.63. The van der Waals surface area contributed by atoms with Crippen LogP contribution in [-0.4, -0.2) is 46.1 Å². The Balaban J connectivity index is 1.84. The Morgan fingerprint density at radius 3 is 2.58 bits per heavy atom. The van der Waals surface area contributed by atoms with Crippen LogP contribution in [0.1, 0.15) is 32.9 Å². The fourth-order valence-electron chi connectivity index (χ4n) is 3.00. The van der Waals surface area contributed by atoms with E-state index in [2.05, 4.69) is 41.6 Å². The molecule has 2 amide bonds. The molecule has 0 aliphatic carbocycles. The minimum absolute atomic E-state index is 0.112. The Kier molecular flexibility index (Phi) is 4.38. The van der Waals surface area contributed by atoms with Crippen LogP contribution in [0.5, 0.6) is 0 Å². The van der Waals surface area contributed by atoms with Gasteiger partial charge in [-0.3, -0.25) is 14.3 Å². The smallest absolute Gasteiger partial charge is 0.258 e. The molecule has 2 aromatic rings. The molecule has 3 rings (SSSR count). The molecule has 1 aromatic carbocycles. The summed E-state index contributed by atoms with van der Waals surface area (Å²) in [6.45, 7) is 7.58. The van der Waals surface area contributed by atoms with Crippen molar-refractivity contribution in [1.82, 2.24) is 20.0 Å². The molecule has 0 bridgehead atoms. The molecule has 0 atom stereocenters. The molecule has 1 N–H and O–H groups in total. The second kappa shape index (κ2) is 6.47. The van der Waals surface area contributed by atoms with E-state index in [4.69, 9.17) is 0 Å². The van der Waals surface area contributed by atoms with Gasteiger partial charge in [-0.25, -0.2) is 0 Å². The third-order valence-electron chi connectivity index (χ3n) is 4.37. The number of rotatable bonds is 3. The van der Waals surface area contributed by atoms with Crippen LogP contribution in [0, 0.1) is 20.8 Å². The molecule has 0 spiro atoms. The van der Waals surface area contributed by atoms with Crippen molar-refractivity contribution >= 4 is 11.8 Å². The van der Waals surface area contributed by atoms with Crippen LogP contribution < -0.4 is 5.32 Å². The van der Waals surface area contributed by atoms with E-state index in [-0.39, 0.29) is 18.4 Å². The van der Waals surface area contributed by atoms with E-state index in [1.54, 1.807) is 4.90 Å². The van der Waals surface area contributed by atoms with E-state index in [9.17, 15) is 9.59 Å². The Morgan fingerprint density at radius 1 is 1.21 bits per heavy atom. The van der Waals surface area contributed by atoms with Crippen molar-refractivity contribution < 1.29 is 9.59 Å². The predicted molar refractivity (Wildman–Crippen MR) is 90.9 cm³/mol. The van der Waals surface area contributed by atoms with Crippen LogP contribution >= 0.6 is 0 Å². The molecule has 0 saturated carbocycles. The summed E-state index contributed by atoms with van der Waals surface area (Å²) in [6.07, 6.45) is 0. The van der Waals surface area contributed by atoms with Gasteiger partial charge in [0.1, 0.15) is 0 Å². The molecular weight excluding hydrogens is 304 g/mol. The number of amides is 2. The van der Waals surface area contributed by atoms with Gasteiger partial charge in [0.05, 0.1) is 24.3 Å². The summed E-state index contributed by atoms with van der Waals surface area (Å²) in [7, 11) is 0. The first-order chi connectivity index (χ1) is 11.5. The van der Waals surface area contributed by atoms with Crippen LogP contribution in [0.4, 0.5) is 0 Å². The van der Waals surface area contributed by atoms with Crippen LogP contribution in [0.25, 0.3) is 0 Å². The zero-order chi connectivity index (χ0) is 17.3.